The van der Waals surface area contributed by atoms with Crippen molar-refractivity contribution < 1.29 is 37.4 Å². The molecule has 0 heterocycles. The molecule has 1 atom stereocenters. The largest absolute Gasteiger partial charge is 0.402 e. The van der Waals surface area contributed by atoms with Crippen molar-refractivity contribution >= 4 is 13.6 Å². The Bertz CT molecular complexity index is 241. The summed E-state index contributed by atoms with van der Waals surface area (Å²) in [6.07, 6.45) is 0. The molecule has 0 bridgehead atoms. The van der Waals surface area contributed by atoms with E-state index in [0.29, 0.717) is 7.11 Å². The minimum atomic E-state index is -4.95. The van der Waals surface area contributed by atoms with Crippen molar-refractivity contribution in [1.82, 2.24) is 0 Å². The number of carbonyl (C=O) groups is 1. The number of carbonyl (C=O) groups excluding carboxylic acids is 1. The highest BCUT2D eigenvalue weighted by molar-refractivity contribution is 7.56. The van der Waals surface area contributed by atoms with Gasteiger partial charge in [-0.05, 0) is 0 Å². The highest BCUT2D eigenvalue weighted by Crippen LogP contribution is 2.57. The van der Waals surface area contributed by atoms with Gasteiger partial charge in [0, 0.05) is 7.11 Å². The zero-order valence-electron chi connectivity index (χ0n) is 6.44. The van der Waals surface area contributed by atoms with Gasteiger partial charge in [-0.2, -0.15) is 4.39 Å². The highest BCUT2D eigenvalue weighted by Gasteiger charge is 2.55. The third-order valence-corrected chi connectivity index (χ3v) is 2.96. The van der Waals surface area contributed by atoms with Crippen LogP contribution >= 0.6 is 7.60 Å². The van der Waals surface area contributed by atoms with Crippen molar-refractivity contribution in [2.45, 2.75) is 5.53 Å². The minimum absolute atomic E-state index is 0.639. The lowest BCUT2D eigenvalue weighted by atomic mass is 10.7. The molecule has 0 amide bonds. The minimum Gasteiger partial charge on any atom is -0.348 e. The number of rotatable bonds is 5. The summed E-state index contributed by atoms with van der Waals surface area (Å²) < 4.78 is 41.9. The molecule has 0 fully saturated rings. The number of alkyl halides is 1. The molecule has 0 aromatic carbocycles. The van der Waals surface area contributed by atoms with E-state index in [9.17, 15) is 18.1 Å². The van der Waals surface area contributed by atoms with E-state index in [1.54, 1.807) is 0 Å². The SMILES string of the molecule is COP(=O)(OCF)C(O)(O)C(=O)F. The zero-order chi connectivity index (χ0) is 10.7. The van der Waals surface area contributed by atoms with Crippen molar-refractivity contribution in [3.8, 4) is 0 Å². The molecular formula is C4H7F2O6P. The van der Waals surface area contributed by atoms with Crippen LogP contribution in [0.2, 0.25) is 0 Å². The van der Waals surface area contributed by atoms with Crippen molar-refractivity contribution in [3.05, 3.63) is 0 Å². The van der Waals surface area contributed by atoms with E-state index in [-0.39, 0.29) is 0 Å². The van der Waals surface area contributed by atoms with Gasteiger partial charge in [-0.1, -0.05) is 0 Å². The predicted octanol–water partition coefficient (Wildman–Crippen LogP) is -0.0960. The molecule has 0 aliphatic rings. The Labute approximate surface area is 71.6 Å². The molecule has 13 heavy (non-hydrogen) atoms. The van der Waals surface area contributed by atoms with Gasteiger partial charge in [0.15, 0.2) is 6.86 Å². The van der Waals surface area contributed by atoms with Crippen LogP contribution in [-0.2, 0) is 18.4 Å². The molecule has 0 aromatic rings. The van der Waals surface area contributed by atoms with Crippen LogP contribution in [0.5, 0.6) is 0 Å². The van der Waals surface area contributed by atoms with E-state index in [2.05, 4.69) is 9.05 Å². The van der Waals surface area contributed by atoms with E-state index in [0.717, 1.165) is 0 Å². The van der Waals surface area contributed by atoms with Crippen LogP contribution < -0.4 is 0 Å². The summed E-state index contributed by atoms with van der Waals surface area (Å²) in [5, 5.41) is 17.2. The average Bonchev–Trinajstić information content (AvgIpc) is 2.04. The van der Waals surface area contributed by atoms with E-state index in [1.165, 1.54) is 0 Å². The summed E-state index contributed by atoms with van der Waals surface area (Å²) in [7, 11) is -4.31. The van der Waals surface area contributed by atoms with Crippen LogP contribution in [-0.4, -0.2) is 35.7 Å². The lowest BCUT2D eigenvalue weighted by Gasteiger charge is -2.23. The smallest absolute Gasteiger partial charge is 0.348 e. The number of halogens is 2. The Morgan fingerprint density at radius 3 is 2.31 bits per heavy atom. The van der Waals surface area contributed by atoms with Crippen LogP contribution in [0, 0.1) is 0 Å². The summed E-state index contributed by atoms with van der Waals surface area (Å²) in [6, 6.07) is -2.76. The fraction of sp³-hybridized carbons (Fsp3) is 0.750. The Kier molecular flexibility index (Phi) is 4.08. The molecule has 9 heteroatoms. The molecule has 6 nitrogen and oxygen atoms in total. The Hall–Kier alpha value is -0.400. The maximum Gasteiger partial charge on any atom is 0.402 e. The molecule has 2 N–H and O–H groups in total. The molecule has 0 saturated heterocycles. The molecule has 0 saturated carbocycles. The molecule has 0 aliphatic heterocycles. The zero-order valence-corrected chi connectivity index (χ0v) is 7.33. The highest BCUT2D eigenvalue weighted by atomic mass is 31.2. The summed E-state index contributed by atoms with van der Waals surface area (Å²) in [5.41, 5.74) is -3.98. The van der Waals surface area contributed by atoms with E-state index in [1.807, 2.05) is 0 Å². The van der Waals surface area contributed by atoms with Gasteiger partial charge in [-0.15, -0.1) is 0 Å². The summed E-state index contributed by atoms with van der Waals surface area (Å²) in [6.45, 7) is -1.72. The first-order chi connectivity index (χ1) is 5.81. The summed E-state index contributed by atoms with van der Waals surface area (Å²) in [4.78, 5) is 9.92. The maximum absolute atomic E-state index is 11.9. The van der Waals surface area contributed by atoms with Crippen LogP contribution in [0.1, 0.15) is 0 Å². The van der Waals surface area contributed by atoms with Gasteiger partial charge in [-0.25, -0.2) is 4.39 Å². The van der Waals surface area contributed by atoms with Gasteiger partial charge >= 0.3 is 19.2 Å². The van der Waals surface area contributed by atoms with Crippen LogP contribution in [0.3, 0.4) is 0 Å². The normalized spacial score (nSPS) is 16.7. The second kappa shape index (κ2) is 4.21. The standard InChI is InChI=1S/C4H7F2O6P/c1-11-13(10,12-2-5)4(8,9)3(6)7/h8-9H,2H2,1H3. The third kappa shape index (κ3) is 2.29. The van der Waals surface area contributed by atoms with Crippen LogP contribution in [0.4, 0.5) is 8.78 Å². The van der Waals surface area contributed by atoms with Gasteiger partial charge in [0.2, 0.25) is 0 Å². The predicted molar refractivity (Wildman–Crippen MR) is 35.0 cm³/mol. The molecule has 0 radical (unpaired) electrons. The number of hydrogen-bond donors (Lipinski definition) is 2. The van der Waals surface area contributed by atoms with Crippen LogP contribution in [0.25, 0.3) is 0 Å². The molecule has 78 valence electrons. The van der Waals surface area contributed by atoms with Crippen molar-refractivity contribution in [2.24, 2.45) is 0 Å². The fourth-order valence-corrected chi connectivity index (χ4v) is 1.33. The second-order valence-corrected chi connectivity index (χ2v) is 4.07. The maximum atomic E-state index is 11.9. The summed E-state index contributed by atoms with van der Waals surface area (Å²) >= 11 is 0. The van der Waals surface area contributed by atoms with Gasteiger partial charge in [0.25, 0.3) is 0 Å². The number of aliphatic hydroxyl groups is 2. The van der Waals surface area contributed by atoms with Gasteiger partial charge in [0.05, 0.1) is 0 Å². The lowest BCUT2D eigenvalue weighted by molar-refractivity contribution is -0.173. The molecule has 0 spiro atoms. The average molecular weight is 220 g/mol. The molecular weight excluding hydrogens is 213 g/mol. The van der Waals surface area contributed by atoms with E-state index in [4.69, 9.17) is 10.2 Å². The molecule has 0 aromatic heterocycles. The third-order valence-electron chi connectivity index (χ3n) is 1.10. The topological polar surface area (TPSA) is 93.1 Å². The van der Waals surface area contributed by atoms with Crippen molar-refractivity contribution in [2.75, 3.05) is 14.0 Å². The van der Waals surface area contributed by atoms with Gasteiger partial charge < -0.3 is 14.7 Å². The first-order valence-corrected chi connectivity index (χ1v) is 4.37. The fourth-order valence-electron chi connectivity index (χ4n) is 0.442. The van der Waals surface area contributed by atoms with E-state index < -0.39 is 26.0 Å². The van der Waals surface area contributed by atoms with Gasteiger partial charge in [0.1, 0.15) is 0 Å². The van der Waals surface area contributed by atoms with Crippen molar-refractivity contribution in [1.29, 1.82) is 0 Å². The first kappa shape index (κ1) is 12.6. The number of hydrogen-bond acceptors (Lipinski definition) is 6. The quantitative estimate of drug-likeness (QED) is 0.382. The Balaban J connectivity index is 4.95. The van der Waals surface area contributed by atoms with E-state index >= 15 is 0 Å². The Morgan fingerprint density at radius 2 is 2.08 bits per heavy atom. The van der Waals surface area contributed by atoms with Gasteiger partial charge in [-0.3, -0.25) is 13.9 Å². The molecule has 1 unspecified atom stereocenters. The monoisotopic (exact) mass is 220 g/mol. The first-order valence-electron chi connectivity index (χ1n) is 2.83. The molecule has 0 aliphatic carbocycles. The lowest BCUT2D eigenvalue weighted by Crippen LogP contribution is -2.36. The van der Waals surface area contributed by atoms with Crippen LogP contribution in [0.15, 0.2) is 0 Å². The summed E-state index contributed by atoms with van der Waals surface area (Å²) in [5.74, 6) is 0. The second-order valence-electron chi connectivity index (χ2n) is 1.83. The molecule has 0 rings (SSSR count). The van der Waals surface area contributed by atoms with Crippen molar-refractivity contribution in [3.63, 3.8) is 0 Å². The Morgan fingerprint density at radius 1 is 1.62 bits per heavy atom.